The second-order valence-corrected chi connectivity index (χ2v) is 5.04. The van der Waals surface area contributed by atoms with Crippen LogP contribution in [0.25, 0.3) is 0 Å². The molecule has 4 heteroatoms. The number of aryl methyl sites for hydroxylation is 1. The predicted octanol–water partition coefficient (Wildman–Crippen LogP) is 2.23. The van der Waals surface area contributed by atoms with Crippen LogP contribution in [0.2, 0.25) is 0 Å². The maximum absolute atomic E-state index is 10.5. The second-order valence-electron chi connectivity index (χ2n) is 5.04. The molecule has 0 fully saturated rings. The molecule has 0 amide bonds. The SMILES string of the molecule is C[N+](C)(C)CCCc1ccc([N+](=O)[O-])cc1. The smallest absolute Gasteiger partial charge is 0.269 e. The van der Waals surface area contributed by atoms with Gasteiger partial charge in [0.1, 0.15) is 0 Å². The van der Waals surface area contributed by atoms with Gasteiger partial charge in [-0.15, -0.1) is 0 Å². The summed E-state index contributed by atoms with van der Waals surface area (Å²) < 4.78 is 0.951. The molecule has 4 nitrogen and oxygen atoms in total. The molecule has 0 bridgehead atoms. The Morgan fingerprint density at radius 2 is 1.75 bits per heavy atom. The second kappa shape index (κ2) is 5.07. The highest BCUT2D eigenvalue weighted by Gasteiger charge is 2.07. The Bertz CT molecular complexity index is 352. The summed E-state index contributed by atoms with van der Waals surface area (Å²) in [4.78, 5) is 10.1. The van der Waals surface area contributed by atoms with Crippen molar-refractivity contribution in [3.8, 4) is 0 Å². The highest BCUT2D eigenvalue weighted by Crippen LogP contribution is 2.13. The molecule has 0 radical (unpaired) electrons. The zero-order valence-corrected chi connectivity index (χ0v) is 10.1. The van der Waals surface area contributed by atoms with Gasteiger partial charge in [0.15, 0.2) is 0 Å². The molecule has 1 rings (SSSR count). The van der Waals surface area contributed by atoms with Crippen LogP contribution < -0.4 is 0 Å². The van der Waals surface area contributed by atoms with Gasteiger partial charge in [-0.25, -0.2) is 0 Å². The van der Waals surface area contributed by atoms with Crippen molar-refractivity contribution in [1.82, 2.24) is 0 Å². The molecule has 0 saturated heterocycles. The third-order valence-electron chi connectivity index (χ3n) is 2.44. The average Bonchev–Trinajstić information content (AvgIpc) is 2.16. The number of nitro benzene ring substituents is 1. The van der Waals surface area contributed by atoms with Crippen LogP contribution in [0.3, 0.4) is 0 Å². The highest BCUT2D eigenvalue weighted by molar-refractivity contribution is 5.32. The van der Waals surface area contributed by atoms with Crippen molar-refractivity contribution in [2.24, 2.45) is 0 Å². The van der Waals surface area contributed by atoms with Crippen LogP contribution in [0.1, 0.15) is 12.0 Å². The number of hydrogen-bond donors (Lipinski definition) is 0. The van der Waals surface area contributed by atoms with Crippen molar-refractivity contribution >= 4 is 5.69 Å². The number of rotatable bonds is 5. The molecule has 0 aromatic heterocycles. The molecule has 0 atom stereocenters. The first-order valence-corrected chi connectivity index (χ1v) is 5.42. The fourth-order valence-corrected chi connectivity index (χ4v) is 1.54. The van der Waals surface area contributed by atoms with E-state index in [1.807, 2.05) is 12.1 Å². The van der Waals surface area contributed by atoms with Crippen LogP contribution in [0.5, 0.6) is 0 Å². The van der Waals surface area contributed by atoms with Crippen molar-refractivity contribution in [1.29, 1.82) is 0 Å². The number of nitro groups is 1. The summed E-state index contributed by atoms with van der Waals surface area (Å²) in [5, 5.41) is 10.5. The van der Waals surface area contributed by atoms with Crippen LogP contribution in [-0.2, 0) is 6.42 Å². The number of hydrogen-bond acceptors (Lipinski definition) is 2. The Hall–Kier alpha value is -1.42. The average molecular weight is 223 g/mol. The molecule has 0 spiro atoms. The van der Waals surface area contributed by atoms with Gasteiger partial charge in [0, 0.05) is 18.6 Å². The summed E-state index contributed by atoms with van der Waals surface area (Å²) in [6.07, 6.45) is 2.08. The zero-order valence-electron chi connectivity index (χ0n) is 10.1. The topological polar surface area (TPSA) is 43.1 Å². The molecule has 0 aliphatic heterocycles. The van der Waals surface area contributed by atoms with E-state index in [2.05, 4.69) is 21.1 Å². The molecule has 0 N–H and O–H groups in total. The van der Waals surface area contributed by atoms with Gasteiger partial charge in [-0.3, -0.25) is 10.1 Å². The molecule has 0 aliphatic rings. The summed E-state index contributed by atoms with van der Waals surface area (Å²) >= 11 is 0. The lowest BCUT2D eigenvalue weighted by atomic mass is 10.1. The number of nitrogens with zero attached hydrogens (tertiary/aromatic N) is 2. The maximum Gasteiger partial charge on any atom is 0.269 e. The van der Waals surface area contributed by atoms with Gasteiger partial charge in [0.05, 0.1) is 32.6 Å². The Labute approximate surface area is 96.2 Å². The molecule has 0 unspecified atom stereocenters. The molecule has 0 heterocycles. The lowest BCUT2D eigenvalue weighted by molar-refractivity contribution is -0.870. The van der Waals surface area contributed by atoms with Crippen LogP contribution >= 0.6 is 0 Å². The van der Waals surface area contributed by atoms with Gasteiger partial charge in [0.2, 0.25) is 0 Å². The largest absolute Gasteiger partial charge is 0.331 e. The predicted molar refractivity (Wildman–Crippen MR) is 64.3 cm³/mol. The molecule has 88 valence electrons. The normalized spacial score (nSPS) is 11.4. The molecular formula is C12H19N2O2+. The Morgan fingerprint density at radius 3 is 2.19 bits per heavy atom. The fourth-order valence-electron chi connectivity index (χ4n) is 1.54. The van der Waals surface area contributed by atoms with E-state index in [1.54, 1.807) is 12.1 Å². The first-order chi connectivity index (χ1) is 7.38. The van der Waals surface area contributed by atoms with E-state index in [0.29, 0.717) is 0 Å². The van der Waals surface area contributed by atoms with Gasteiger partial charge >= 0.3 is 0 Å². The molecular weight excluding hydrogens is 204 g/mol. The number of quaternary nitrogens is 1. The first-order valence-electron chi connectivity index (χ1n) is 5.42. The minimum atomic E-state index is -0.365. The third-order valence-corrected chi connectivity index (χ3v) is 2.44. The fraction of sp³-hybridized carbons (Fsp3) is 0.500. The molecule has 0 aliphatic carbocycles. The molecule has 0 saturated carbocycles. The summed E-state index contributed by atoms with van der Waals surface area (Å²) in [5.74, 6) is 0. The third kappa shape index (κ3) is 4.40. The highest BCUT2D eigenvalue weighted by atomic mass is 16.6. The lowest BCUT2D eigenvalue weighted by Gasteiger charge is -2.23. The Morgan fingerprint density at radius 1 is 1.19 bits per heavy atom. The van der Waals surface area contributed by atoms with E-state index in [0.717, 1.165) is 23.9 Å². The van der Waals surface area contributed by atoms with Crippen LogP contribution in [-0.4, -0.2) is 37.1 Å². The van der Waals surface area contributed by atoms with E-state index < -0.39 is 0 Å². The van der Waals surface area contributed by atoms with E-state index in [-0.39, 0.29) is 10.6 Å². The zero-order chi connectivity index (χ0) is 12.2. The molecule has 1 aromatic rings. The first kappa shape index (κ1) is 12.6. The Balaban J connectivity index is 2.47. The van der Waals surface area contributed by atoms with E-state index in [4.69, 9.17) is 0 Å². The van der Waals surface area contributed by atoms with Gasteiger partial charge in [0.25, 0.3) is 5.69 Å². The van der Waals surface area contributed by atoms with E-state index in [1.165, 1.54) is 5.56 Å². The summed E-state index contributed by atoms with van der Waals surface area (Å²) in [6.45, 7) is 1.11. The number of benzene rings is 1. The monoisotopic (exact) mass is 223 g/mol. The quantitative estimate of drug-likeness (QED) is 0.436. The van der Waals surface area contributed by atoms with Crippen molar-refractivity contribution in [3.05, 3.63) is 39.9 Å². The standard InChI is InChI=1S/C12H19N2O2/c1-14(2,3)10-4-5-11-6-8-12(9-7-11)13(15)16/h6-9H,4-5,10H2,1-3H3/q+1. The van der Waals surface area contributed by atoms with Crippen molar-refractivity contribution < 1.29 is 9.41 Å². The number of non-ortho nitro benzene ring substituents is 1. The summed E-state index contributed by atoms with van der Waals surface area (Å²) in [7, 11) is 6.49. The molecule has 16 heavy (non-hydrogen) atoms. The van der Waals surface area contributed by atoms with E-state index >= 15 is 0 Å². The van der Waals surface area contributed by atoms with Crippen molar-refractivity contribution in [2.75, 3.05) is 27.7 Å². The van der Waals surface area contributed by atoms with Gasteiger partial charge in [-0.2, -0.15) is 0 Å². The summed E-state index contributed by atoms with van der Waals surface area (Å²) in [6, 6.07) is 6.82. The minimum absolute atomic E-state index is 0.162. The summed E-state index contributed by atoms with van der Waals surface area (Å²) in [5.41, 5.74) is 1.33. The van der Waals surface area contributed by atoms with Crippen LogP contribution in [0, 0.1) is 10.1 Å². The van der Waals surface area contributed by atoms with Crippen LogP contribution in [0.4, 0.5) is 5.69 Å². The van der Waals surface area contributed by atoms with E-state index in [9.17, 15) is 10.1 Å². The van der Waals surface area contributed by atoms with Gasteiger partial charge in [-0.1, -0.05) is 12.1 Å². The van der Waals surface area contributed by atoms with Gasteiger partial charge < -0.3 is 4.48 Å². The minimum Gasteiger partial charge on any atom is -0.331 e. The Kier molecular flexibility index (Phi) is 4.01. The van der Waals surface area contributed by atoms with Gasteiger partial charge in [-0.05, 0) is 12.0 Å². The molecule has 1 aromatic carbocycles. The lowest BCUT2D eigenvalue weighted by Crippen LogP contribution is -2.35. The maximum atomic E-state index is 10.5. The van der Waals surface area contributed by atoms with Crippen molar-refractivity contribution in [3.63, 3.8) is 0 Å². The van der Waals surface area contributed by atoms with Crippen molar-refractivity contribution in [2.45, 2.75) is 12.8 Å². The van der Waals surface area contributed by atoms with Crippen LogP contribution in [0.15, 0.2) is 24.3 Å².